The minimum atomic E-state index is -0.0891. The van der Waals surface area contributed by atoms with Gasteiger partial charge in [0.2, 0.25) is 5.91 Å². The number of carbonyl (C=O) groups is 1. The largest absolute Gasteiger partial charge is 0.496 e. The van der Waals surface area contributed by atoms with Crippen LogP contribution in [0, 0.1) is 6.92 Å². The number of carbonyl (C=O) groups excluding carboxylic acids is 1. The Labute approximate surface area is 169 Å². The summed E-state index contributed by atoms with van der Waals surface area (Å²) in [5.74, 6) is 1.58. The second kappa shape index (κ2) is 9.37. The van der Waals surface area contributed by atoms with Gasteiger partial charge in [0.15, 0.2) is 5.13 Å². The number of benzene rings is 2. The zero-order chi connectivity index (χ0) is 19.9. The standard InChI is InChI=1S/C22H24N2O3S/c1-4-11-27-18-8-6-17(7-9-18)19-14-28-22(23-19)24-21(25)13-16-5-10-20(26-3)15(2)12-16/h5-10,12,14H,4,11,13H2,1-3H3,(H,23,24,25). The molecule has 28 heavy (non-hydrogen) atoms. The van der Waals surface area contributed by atoms with Crippen molar-refractivity contribution in [2.75, 3.05) is 19.0 Å². The van der Waals surface area contributed by atoms with Crippen molar-refractivity contribution < 1.29 is 14.3 Å². The molecule has 3 aromatic rings. The van der Waals surface area contributed by atoms with Crippen molar-refractivity contribution in [3.05, 3.63) is 59.0 Å². The normalized spacial score (nSPS) is 10.5. The molecule has 1 aromatic heterocycles. The summed E-state index contributed by atoms with van der Waals surface area (Å²) >= 11 is 1.42. The molecule has 5 nitrogen and oxygen atoms in total. The number of aryl methyl sites for hydroxylation is 1. The molecule has 0 fully saturated rings. The number of thiazole rings is 1. The second-order valence-corrected chi connectivity index (χ2v) is 7.30. The molecule has 1 heterocycles. The number of aromatic nitrogens is 1. The highest BCUT2D eigenvalue weighted by atomic mass is 32.1. The Morgan fingerprint density at radius 3 is 2.64 bits per heavy atom. The fourth-order valence-corrected chi connectivity index (χ4v) is 3.54. The first-order valence-corrected chi connectivity index (χ1v) is 10.1. The average Bonchev–Trinajstić information content (AvgIpc) is 3.15. The summed E-state index contributed by atoms with van der Waals surface area (Å²) < 4.78 is 10.9. The highest BCUT2D eigenvalue weighted by molar-refractivity contribution is 7.14. The summed E-state index contributed by atoms with van der Waals surface area (Å²) in [5, 5.41) is 5.41. The Morgan fingerprint density at radius 1 is 1.18 bits per heavy atom. The summed E-state index contributed by atoms with van der Waals surface area (Å²) in [4.78, 5) is 16.9. The highest BCUT2D eigenvalue weighted by Crippen LogP contribution is 2.27. The molecule has 0 bridgehead atoms. The summed E-state index contributed by atoms with van der Waals surface area (Å²) in [5.41, 5.74) is 3.78. The van der Waals surface area contributed by atoms with E-state index in [-0.39, 0.29) is 5.91 Å². The summed E-state index contributed by atoms with van der Waals surface area (Å²) in [6.07, 6.45) is 1.27. The van der Waals surface area contributed by atoms with Crippen LogP contribution in [0.15, 0.2) is 47.8 Å². The van der Waals surface area contributed by atoms with Crippen molar-refractivity contribution >= 4 is 22.4 Å². The molecule has 0 saturated carbocycles. The highest BCUT2D eigenvalue weighted by Gasteiger charge is 2.10. The maximum absolute atomic E-state index is 12.3. The van der Waals surface area contributed by atoms with Gasteiger partial charge in [-0.1, -0.05) is 19.1 Å². The average molecular weight is 397 g/mol. The number of nitrogens with one attached hydrogen (secondary N) is 1. The molecule has 0 aliphatic rings. The Bertz CT molecular complexity index is 935. The fraction of sp³-hybridized carbons (Fsp3) is 0.273. The predicted octanol–water partition coefficient (Wildman–Crippen LogP) is 5.10. The van der Waals surface area contributed by atoms with Crippen LogP contribution in [0.25, 0.3) is 11.3 Å². The Morgan fingerprint density at radius 2 is 1.96 bits per heavy atom. The Balaban J connectivity index is 1.60. The number of rotatable bonds is 8. The molecular formula is C22H24N2O3S. The fourth-order valence-electron chi connectivity index (χ4n) is 2.80. The molecule has 146 valence electrons. The molecule has 0 saturated heterocycles. The number of hydrogen-bond acceptors (Lipinski definition) is 5. The summed E-state index contributed by atoms with van der Waals surface area (Å²) in [6, 6.07) is 13.6. The molecular weight excluding hydrogens is 372 g/mol. The van der Waals surface area contributed by atoms with Crippen LogP contribution in [0.2, 0.25) is 0 Å². The second-order valence-electron chi connectivity index (χ2n) is 6.44. The van der Waals surface area contributed by atoms with Crippen LogP contribution in [0.4, 0.5) is 5.13 Å². The van der Waals surface area contributed by atoms with Crippen molar-refractivity contribution in [3.8, 4) is 22.8 Å². The van der Waals surface area contributed by atoms with E-state index in [0.717, 1.165) is 40.3 Å². The van der Waals surface area contributed by atoms with Crippen molar-refractivity contribution in [3.63, 3.8) is 0 Å². The number of hydrogen-bond donors (Lipinski definition) is 1. The number of amides is 1. The molecule has 2 aromatic carbocycles. The third-order valence-electron chi connectivity index (χ3n) is 4.20. The molecule has 0 aliphatic heterocycles. The zero-order valence-corrected chi connectivity index (χ0v) is 17.1. The quantitative estimate of drug-likeness (QED) is 0.576. The monoisotopic (exact) mass is 396 g/mol. The first kappa shape index (κ1) is 19.9. The third-order valence-corrected chi connectivity index (χ3v) is 4.96. The molecule has 1 N–H and O–H groups in total. The van der Waals surface area contributed by atoms with Gasteiger partial charge in [0.25, 0.3) is 0 Å². The molecule has 0 radical (unpaired) electrons. The van der Waals surface area contributed by atoms with Crippen molar-refractivity contribution in [1.29, 1.82) is 0 Å². The van der Waals surface area contributed by atoms with Gasteiger partial charge in [-0.05, 0) is 54.8 Å². The first-order chi connectivity index (χ1) is 13.6. The van der Waals surface area contributed by atoms with Crippen molar-refractivity contribution in [1.82, 2.24) is 4.98 Å². The molecule has 1 amide bonds. The first-order valence-electron chi connectivity index (χ1n) is 9.21. The van der Waals surface area contributed by atoms with Gasteiger partial charge in [-0.15, -0.1) is 11.3 Å². The van der Waals surface area contributed by atoms with E-state index in [0.29, 0.717) is 18.2 Å². The molecule has 0 atom stereocenters. The smallest absolute Gasteiger partial charge is 0.230 e. The zero-order valence-electron chi connectivity index (χ0n) is 16.3. The van der Waals surface area contributed by atoms with Crippen LogP contribution in [-0.2, 0) is 11.2 Å². The van der Waals surface area contributed by atoms with Crippen LogP contribution >= 0.6 is 11.3 Å². The molecule has 0 spiro atoms. The maximum atomic E-state index is 12.3. The van der Waals surface area contributed by atoms with Gasteiger partial charge in [-0.2, -0.15) is 0 Å². The van der Waals surface area contributed by atoms with E-state index in [1.807, 2.05) is 54.8 Å². The molecule has 0 aliphatic carbocycles. The SMILES string of the molecule is CCCOc1ccc(-c2csc(NC(=O)Cc3ccc(OC)c(C)c3)n2)cc1. The molecule has 6 heteroatoms. The maximum Gasteiger partial charge on any atom is 0.230 e. The minimum absolute atomic E-state index is 0.0891. The van der Waals surface area contributed by atoms with Crippen LogP contribution < -0.4 is 14.8 Å². The van der Waals surface area contributed by atoms with E-state index in [4.69, 9.17) is 9.47 Å². The van der Waals surface area contributed by atoms with E-state index < -0.39 is 0 Å². The van der Waals surface area contributed by atoms with Gasteiger partial charge in [-0.25, -0.2) is 4.98 Å². The van der Waals surface area contributed by atoms with Crippen LogP contribution in [-0.4, -0.2) is 24.6 Å². The molecule has 3 rings (SSSR count). The van der Waals surface area contributed by atoms with E-state index in [1.165, 1.54) is 11.3 Å². The lowest BCUT2D eigenvalue weighted by Gasteiger charge is -2.07. The summed E-state index contributed by atoms with van der Waals surface area (Å²) in [6.45, 7) is 4.75. The number of ether oxygens (including phenoxy) is 2. The van der Waals surface area contributed by atoms with Crippen molar-refractivity contribution in [2.45, 2.75) is 26.7 Å². The van der Waals surface area contributed by atoms with Crippen LogP contribution in [0.1, 0.15) is 24.5 Å². The Kier molecular flexibility index (Phi) is 6.66. The van der Waals surface area contributed by atoms with Crippen LogP contribution in [0.5, 0.6) is 11.5 Å². The lowest BCUT2D eigenvalue weighted by Crippen LogP contribution is -2.14. The minimum Gasteiger partial charge on any atom is -0.496 e. The summed E-state index contributed by atoms with van der Waals surface area (Å²) in [7, 11) is 1.64. The van der Waals surface area contributed by atoms with E-state index in [1.54, 1.807) is 7.11 Å². The van der Waals surface area contributed by atoms with E-state index in [2.05, 4.69) is 17.2 Å². The van der Waals surface area contributed by atoms with Crippen LogP contribution in [0.3, 0.4) is 0 Å². The topological polar surface area (TPSA) is 60.5 Å². The van der Waals surface area contributed by atoms with Gasteiger partial charge in [-0.3, -0.25) is 4.79 Å². The van der Waals surface area contributed by atoms with Crippen molar-refractivity contribution in [2.24, 2.45) is 0 Å². The molecule has 0 unspecified atom stereocenters. The van der Waals surface area contributed by atoms with Gasteiger partial charge >= 0.3 is 0 Å². The van der Waals surface area contributed by atoms with E-state index in [9.17, 15) is 4.79 Å². The lowest BCUT2D eigenvalue weighted by molar-refractivity contribution is -0.115. The van der Waals surface area contributed by atoms with Gasteiger partial charge in [0.05, 0.1) is 25.8 Å². The van der Waals surface area contributed by atoms with Gasteiger partial charge in [0.1, 0.15) is 11.5 Å². The lowest BCUT2D eigenvalue weighted by atomic mass is 10.1. The third kappa shape index (κ3) is 5.10. The predicted molar refractivity (Wildman–Crippen MR) is 113 cm³/mol. The number of nitrogens with zero attached hydrogens (tertiary/aromatic N) is 1. The number of methoxy groups -OCH3 is 1. The van der Waals surface area contributed by atoms with Gasteiger partial charge < -0.3 is 14.8 Å². The Hall–Kier alpha value is -2.86. The van der Waals surface area contributed by atoms with E-state index >= 15 is 0 Å². The number of anilines is 1. The van der Waals surface area contributed by atoms with Gasteiger partial charge in [0, 0.05) is 10.9 Å².